The van der Waals surface area contributed by atoms with Gasteiger partial charge in [-0.1, -0.05) is 21.8 Å². The number of hydrogen-bond donors (Lipinski definition) is 2. The van der Waals surface area contributed by atoms with Crippen molar-refractivity contribution >= 4 is 29.0 Å². The molecule has 2 rings (SSSR count). The van der Waals surface area contributed by atoms with Gasteiger partial charge in [0.25, 0.3) is 5.91 Å². The Morgan fingerprint density at radius 1 is 1.47 bits per heavy atom. The van der Waals surface area contributed by atoms with Gasteiger partial charge in [-0.25, -0.2) is 0 Å². The minimum absolute atomic E-state index is 0.0633. The van der Waals surface area contributed by atoms with Crippen LogP contribution in [0, 0.1) is 0 Å². The number of para-hydroxylation sites is 1. The van der Waals surface area contributed by atoms with Crippen molar-refractivity contribution < 1.29 is 10.0 Å². The Labute approximate surface area is 113 Å². The molecule has 1 amide bonds. The van der Waals surface area contributed by atoms with Gasteiger partial charge in [0.2, 0.25) is 0 Å². The van der Waals surface area contributed by atoms with E-state index in [9.17, 15) is 4.79 Å². The van der Waals surface area contributed by atoms with E-state index in [-0.39, 0.29) is 17.4 Å². The summed E-state index contributed by atoms with van der Waals surface area (Å²) >= 11 is 1.10. The summed E-state index contributed by atoms with van der Waals surface area (Å²) in [4.78, 5) is 13.5. The number of amidine groups is 1. The molecule has 0 aliphatic heterocycles. The molecule has 98 valence electrons. The van der Waals surface area contributed by atoms with Gasteiger partial charge in [0.15, 0.2) is 11.5 Å². The number of amides is 1. The highest BCUT2D eigenvalue weighted by molar-refractivity contribution is 7.03. The first-order chi connectivity index (χ1) is 9.15. The quantitative estimate of drug-likeness (QED) is 0.375. The molecule has 0 saturated carbocycles. The van der Waals surface area contributed by atoms with Gasteiger partial charge in [-0.05, 0) is 23.7 Å². The van der Waals surface area contributed by atoms with Crippen molar-refractivity contribution in [1.82, 2.24) is 9.59 Å². The van der Waals surface area contributed by atoms with Crippen LogP contribution in [-0.4, -0.2) is 33.6 Å². The highest BCUT2D eigenvalue weighted by Gasteiger charge is 2.19. The van der Waals surface area contributed by atoms with E-state index < -0.39 is 0 Å². The molecule has 0 bridgehead atoms. The first-order valence-electron chi connectivity index (χ1n) is 5.27. The summed E-state index contributed by atoms with van der Waals surface area (Å²) in [5, 5.41) is 17.0. The summed E-state index contributed by atoms with van der Waals surface area (Å²) in [5.41, 5.74) is 6.83. The average molecular weight is 277 g/mol. The standard InChI is InChI=1S/C11H11N5O2S/c1-16(11(17)8-6-19-15-13-8)9-5-3-2-4-7(9)10(12)14-18/h2-6,18H,1H3,(H2,12,14). The monoisotopic (exact) mass is 277 g/mol. The average Bonchev–Trinajstić information content (AvgIpc) is 2.99. The minimum Gasteiger partial charge on any atom is -0.409 e. The van der Waals surface area contributed by atoms with Gasteiger partial charge in [0.1, 0.15) is 0 Å². The summed E-state index contributed by atoms with van der Waals surface area (Å²) in [6, 6.07) is 6.85. The normalized spacial score (nSPS) is 11.3. The number of carbonyl (C=O) groups is 1. The van der Waals surface area contributed by atoms with Crippen LogP contribution in [0.15, 0.2) is 34.8 Å². The number of oxime groups is 1. The van der Waals surface area contributed by atoms with Crippen molar-refractivity contribution in [3.05, 3.63) is 40.9 Å². The molecule has 7 nitrogen and oxygen atoms in total. The number of rotatable bonds is 3. The van der Waals surface area contributed by atoms with E-state index in [4.69, 9.17) is 10.9 Å². The van der Waals surface area contributed by atoms with E-state index in [2.05, 4.69) is 14.7 Å². The molecule has 1 aromatic carbocycles. The summed E-state index contributed by atoms with van der Waals surface area (Å²) in [7, 11) is 1.59. The van der Waals surface area contributed by atoms with Gasteiger partial charge in [-0.2, -0.15) is 0 Å². The topological polar surface area (TPSA) is 105 Å². The van der Waals surface area contributed by atoms with Crippen LogP contribution in [0.2, 0.25) is 0 Å². The fourth-order valence-electron chi connectivity index (χ4n) is 1.58. The first-order valence-corrected chi connectivity index (χ1v) is 6.11. The summed E-state index contributed by atoms with van der Waals surface area (Å²) in [6.45, 7) is 0. The lowest BCUT2D eigenvalue weighted by Gasteiger charge is -2.18. The third kappa shape index (κ3) is 2.52. The van der Waals surface area contributed by atoms with E-state index in [1.54, 1.807) is 36.7 Å². The third-order valence-corrected chi connectivity index (χ3v) is 3.04. The number of anilines is 1. The summed E-state index contributed by atoms with van der Waals surface area (Å²) < 4.78 is 3.65. The molecule has 0 fully saturated rings. The van der Waals surface area contributed by atoms with Crippen LogP contribution in [0.25, 0.3) is 0 Å². The summed E-state index contributed by atoms with van der Waals surface area (Å²) in [5.74, 6) is -0.376. The third-order valence-electron chi connectivity index (χ3n) is 2.53. The molecule has 0 spiro atoms. The van der Waals surface area contributed by atoms with Crippen LogP contribution >= 0.6 is 11.5 Å². The van der Waals surface area contributed by atoms with Gasteiger partial charge in [0.05, 0.1) is 5.69 Å². The highest BCUT2D eigenvalue weighted by Crippen LogP contribution is 2.20. The number of benzene rings is 1. The second kappa shape index (κ2) is 5.44. The highest BCUT2D eigenvalue weighted by atomic mass is 32.1. The summed E-state index contributed by atoms with van der Waals surface area (Å²) in [6.07, 6.45) is 0. The lowest BCUT2D eigenvalue weighted by atomic mass is 10.1. The Hall–Kier alpha value is -2.48. The predicted molar refractivity (Wildman–Crippen MR) is 71.6 cm³/mol. The minimum atomic E-state index is -0.313. The number of aromatic nitrogens is 2. The molecule has 8 heteroatoms. The number of carbonyl (C=O) groups excluding carboxylic acids is 1. The molecule has 0 radical (unpaired) electrons. The predicted octanol–water partition coefficient (Wildman–Crippen LogP) is 0.909. The lowest BCUT2D eigenvalue weighted by molar-refractivity contribution is 0.0988. The molecule has 3 N–H and O–H groups in total. The molecule has 0 atom stereocenters. The lowest BCUT2D eigenvalue weighted by Crippen LogP contribution is -2.29. The van der Waals surface area contributed by atoms with Crippen LogP contribution < -0.4 is 10.6 Å². The van der Waals surface area contributed by atoms with Crippen molar-refractivity contribution in [2.24, 2.45) is 10.9 Å². The molecule has 0 unspecified atom stereocenters. The maximum absolute atomic E-state index is 12.2. The Bertz CT molecular complexity index is 611. The molecular weight excluding hydrogens is 266 g/mol. The Morgan fingerprint density at radius 2 is 2.21 bits per heavy atom. The smallest absolute Gasteiger partial charge is 0.279 e. The van der Waals surface area contributed by atoms with Gasteiger partial charge in [0, 0.05) is 18.0 Å². The van der Waals surface area contributed by atoms with Gasteiger partial charge < -0.3 is 15.8 Å². The fourth-order valence-corrected chi connectivity index (χ4v) is 2.01. The van der Waals surface area contributed by atoms with E-state index >= 15 is 0 Å². The maximum Gasteiger partial charge on any atom is 0.279 e. The second-order valence-corrected chi connectivity index (χ2v) is 4.27. The fraction of sp³-hybridized carbons (Fsp3) is 0.0909. The second-order valence-electron chi connectivity index (χ2n) is 3.66. The van der Waals surface area contributed by atoms with E-state index in [1.807, 2.05) is 0 Å². The largest absolute Gasteiger partial charge is 0.409 e. The molecule has 0 aliphatic rings. The van der Waals surface area contributed by atoms with E-state index in [0.717, 1.165) is 11.5 Å². The maximum atomic E-state index is 12.2. The number of nitrogens with two attached hydrogens (primary N) is 1. The van der Waals surface area contributed by atoms with Crippen LogP contribution in [0.4, 0.5) is 5.69 Å². The van der Waals surface area contributed by atoms with Crippen LogP contribution in [0.5, 0.6) is 0 Å². The SMILES string of the molecule is CN(C(=O)c1csnn1)c1ccccc1C(N)=NO. The van der Waals surface area contributed by atoms with Crippen LogP contribution in [0.1, 0.15) is 16.1 Å². The van der Waals surface area contributed by atoms with Crippen molar-refractivity contribution in [2.75, 3.05) is 11.9 Å². The zero-order valence-corrected chi connectivity index (χ0v) is 10.8. The molecule has 1 heterocycles. The zero-order valence-electron chi connectivity index (χ0n) is 10.0. The van der Waals surface area contributed by atoms with E-state index in [0.29, 0.717) is 11.3 Å². The number of nitrogens with zero attached hydrogens (tertiary/aromatic N) is 4. The van der Waals surface area contributed by atoms with Gasteiger partial charge in [-0.3, -0.25) is 4.79 Å². The Balaban J connectivity index is 2.39. The molecular formula is C11H11N5O2S. The molecule has 0 aliphatic carbocycles. The molecule has 1 aromatic heterocycles. The van der Waals surface area contributed by atoms with Crippen molar-refractivity contribution in [3.8, 4) is 0 Å². The molecule has 2 aromatic rings. The Morgan fingerprint density at radius 3 is 2.84 bits per heavy atom. The van der Waals surface area contributed by atoms with Crippen LogP contribution in [-0.2, 0) is 0 Å². The Kier molecular flexibility index (Phi) is 3.71. The molecule has 0 saturated heterocycles. The van der Waals surface area contributed by atoms with Crippen molar-refractivity contribution in [3.63, 3.8) is 0 Å². The number of hydrogen-bond acceptors (Lipinski definition) is 6. The van der Waals surface area contributed by atoms with Crippen LogP contribution in [0.3, 0.4) is 0 Å². The van der Waals surface area contributed by atoms with Crippen molar-refractivity contribution in [1.29, 1.82) is 0 Å². The van der Waals surface area contributed by atoms with E-state index in [1.165, 1.54) is 4.90 Å². The van der Waals surface area contributed by atoms with Gasteiger partial charge >= 0.3 is 0 Å². The molecule has 19 heavy (non-hydrogen) atoms. The zero-order chi connectivity index (χ0) is 13.8. The van der Waals surface area contributed by atoms with Gasteiger partial charge in [-0.15, -0.1) is 5.10 Å². The van der Waals surface area contributed by atoms with Crippen molar-refractivity contribution in [2.45, 2.75) is 0 Å². The first kappa shape index (κ1) is 13.0.